The molecule has 0 fully saturated rings. The van der Waals surface area contributed by atoms with Crippen LogP contribution < -0.4 is 10.2 Å². The molecule has 1 aromatic rings. The molecule has 16 heavy (non-hydrogen) atoms. The molecule has 0 unspecified atom stereocenters. The number of hydrazone groups is 1. The maximum absolute atomic E-state index is 11.7. The van der Waals surface area contributed by atoms with Crippen LogP contribution in [0.3, 0.4) is 0 Å². The van der Waals surface area contributed by atoms with Crippen molar-refractivity contribution in [3.8, 4) is 5.75 Å². The Bertz CT molecular complexity index is 411. The van der Waals surface area contributed by atoms with E-state index in [4.69, 9.17) is 4.74 Å². The minimum atomic E-state index is -0.293. The third kappa shape index (κ3) is 3.24. The first-order valence-electron chi connectivity index (χ1n) is 4.87. The first-order valence-corrected chi connectivity index (χ1v) is 4.87. The van der Waals surface area contributed by atoms with E-state index in [1.807, 2.05) is 13.0 Å². The van der Waals surface area contributed by atoms with Gasteiger partial charge in [0.25, 0.3) is 5.91 Å². The summed E-state index contributed by atoms with van der Waals surface area (Å²) in [6, 6.07) is 6.98. The minimum Gasteiger partial charge on any atom is -0.496 e. The number of ether oxygens (including phenoxy) is 1. The standard InChI is InChI=1S/C12H14N2O2/c1-3-4-9-13-14-12(15)10-7-5-6-8-11(10)16-2/h3-9H,1-2H3,(H,14,15)/b4-3+,13-9+. The van der Waals surface area contributed by atoms with Crippen molar-refractivity contribution >= 4 is 12.1 Å². The molecule has 0 aliphatic rings. The first kappa shape index (κ1) is 12.0. The van der Waals surface area contributed by atoms with Crippen molar-refractivity contribution in [2.24, 2.45) is 5.10 Å². The molecule has 84 valence electrons. The second-order valence-corrected chi connectivity index (χ2v) is 2.95. The van der Waals surface area contributed by atoms with Crippen molar-refractivity contribution in [3.63, 3.8) is 0 Å². The van der Waals surface area contributed by atoms with E-state index in [2.05, 4.69) is 10.5 Å². The third-order valence-electron chi connectivity index (χ3n) is 1.87. The molecule has 1 amide bonds. The predicted molar refractivity (Wildman–Crippen MR) is 63.8 cm³/mol. The van der Waals surface area contributed by atoms with E-state index in [1.165, 1.54) is 13.3 Å². The molecule has 4 heteroatoms. The molecule has 0 saturated carbocycles. The average Bonchev–Trinajstić information content (AvgIpc) is 2.34. The number of allylic oxidation sites excluding steroid dienone is 2. The van der Waals surface area contributed by atoms with E-state index in [1.54, 1.807) is 30.3 Å². The van der Waals surface area contributed by atoms with Crippen LogP contribution in [0.1, 0.15) is 17.3 Å². The second-order valence-electron chi connectivity index (χ2n) is 2.95. The van der Waals surface area contributed by atoms with Crippen LogP contribution in [-0.4, -0.2) is 19.2 Å². The van der Waals surface area contributed by atoms with E-state index in [-0.39, 0.29) is 5.91 Å². The van der Waals surface area contributed by atoms with Gasteiger partial charge < -0.3 is 4.74 Å². The molecular formula is C12H14N2O2. The Labute approximate surface area is 94.6 Å². The van der Waals surface area contributed by atoms with Gasteiger partial charge in [-0.3, -0.25) is 4.79 Å². The summed E-state index contributed by atoms with van der Waals surface area (Å²) in [6.45, 7) is 1.87. The molecule has 1 aromatic carbocycles. The average molecular weight is 218 g/mol. The molecule has 1 rings (SSSR count). The van der Waals surface area contributed by atoms with Gasteiger partial charge in [-0.1, -0.05) is 18.2 Å². The number of benzene rings is 1. The highest BCUT2D eigenvalue weighted by Gasteiger charge is 2.09. The van der Waals surface area contributed by atoms with Crippen molar-refractivity contribution in [1.29, 1.82) is 0 Å². The normalized spacial score (nSPS) is 10.9. The fourth-order valence-corrected chi connectivity index (χ4v) is 1.12. The number of rotatable bonds is 4. The van der Waals surface area contributed by atoms with Crippen LogP contribution in [0, 0.1) is 0 Å². The van der Waals surface area contributed by atoms with E-state index >= 15 is 0 Å². The molecule has 0 atom stereocenters. The Balaban J connectivity index is 2.72. The van der Waals surface area contributed by atoms with Gasteiger partial charge in [0.2, 0.25) is 0 Å². The van der Waals surface area contributed by atoms with E-state index < -0.39 is 0 Å². The maximum atomic E-state index is 11.7. The Hall–Kier alpha value is -2.10. The minimum absolute atomic E-state index is 0.293. The summed E-state index contributed by atoms with van der Waals surface area (Å²) in [5.41, 5.74) is 2.87. The molecule has 4 nitrogen and oxygen atoms in total. The van der Waals surface area contributed by atoms with Gasteiger partial charge in [-0.05, 0) is 25.1 Å². The van der Waals surface area contributed by atoms with Gasteiger partial charge in [0.1, 0.15) is 5.75 Å². The molecule has 0 aliphatic heterocycles. The predicted octanol–water partition coefficient (Wildman–Crippen LogP) is 1.99. The van der Waals surface area contributed by atoms with E-state index in [0.717, 1.165) is 0 Å². The van der Waals surface area contributed by atoms with Crippen LogP contribution in [-0.2, 0) is 0 Å². The number of hydrogen-bond acceptors (Lipinski definition) is 3. The Kier molecular flexibility index (Phi) is 4.79. The summed E-state index contributed by atoms with van der Waals surface area (Å²) in [5.74, 6) is 0.236. The summed E-state index contributed by atoms with van der Waals surface area (Å²) >= 11 is 0. The zero-order chi connectivity index (χ0) is 11.8. The summed E-state index contributed by atoms with van der Waals surface area (Å²) in [5, 5.41) is 3.75. The quantitative estimate of drug-likeness (QED) is 0.620. The highest BCUT2D eigenvalue weighted by Crippen LogP contribution is 2.16. The number of carbonyl (C=O) groups is 1. The molecule has 0 saturated heterocycles. The summed E-state index contributed by atoms with van der Waals surface area (Å²) in [6.07, 6.45) is 5.05. The number of methoxy groups -OCH3 is 1. The molecule has 1 N–H and O–H groups in total. The van der Waals surface area contributed by atoms with Crippen molar-refractivity contribution in [2.45, 2.75) is 6.92 Å². The highest BCUT2D eigenvalue weighted by molar-refractivity contribution is 5.97. The van der Waals surface area contributed by atoms with Crippen LogP contribution in [0.5, 0.6) is 5.75 Å². The van der Waals surface area contributed by atoms with Crippen molar-refractivity contribution in [1.82, 2.24) is 5.43 Å². The largest absolute Gasteiger partial charge is 0.496 e. The van der Waals surface area contributed by atoms with E-state index in [9.17, 15) is 4.79 Å². The Morgan fingerprint density at radius 2 is 2.19 bits per heavy atom. The maximum Gasteiger partial charge on any atom is 0.275 e. The lowest BCUT2D eigenvalue weighted by atomic mass is 10.2. The number of carbonyl (C=O) groups excluding carboxylic acids is 1. The summed E-state index contributed by atoms with van der Waals surface area (Å²) < 4.78 is 5.07. The lowest BCUT2D eigenvalue weighted by Crippen LogP contribution is -2.18. The molecule has 0 radical (unpaired) electrons. The Morgan fingerprint density at radius 3 is 2.88 bits per heavy atom. The van der Waals surface area contributed by atoms with Crippen molar-refractivity contribution in [3.05, 3.63) is 42.0 Å². The number of amides is 1. The topological polar surface area (TPSA) is 50.7 Å². The van der Waals surface area contributed by atoms with Crippen molar-refractivity contribution < 1.29 is 9.53 Å². The van der Waals surface area contributed by atoms with Gasteiger partial charge in [-0.15, -0.1) is 0 Å². The fourth-order valence-electron chi connectivity index (χ4n) is 1.12. The lowest BCUT2D eigenvalue weighted by molar-refractivity contribution is 0.0952. The Morgan fingerprint density at radius 1 is 1.44 bits per heavy atom. The highest BCUT2D eigenvalue weighted by atomic mass is 16.5. The molecule has 0 heterocycles. The smallest absolute Gasteiger partial charge is 0.275 e. The summed E-state index contributed by atoms with van der Waals surface area (Å²) in [4.78, 5) is 11.7. The molecular weight excluding hydrogens is 204 g/mol. The number of nitrogens with one attached hydrogen (secondary N) is 1. The van der Waals surface area contributed by atoms with Gasteiger partial charge in [0, 0.05) is 6.21 Å². The second kappa shape index (κ2) is 6.40. The van der Waals surface area contributed by atoms with Gasteiger partial charge in [-0.25, -0.2) is 5.43 Å². The van der Waals surface area contributed by atoms with Gasteiger partial charge in [0.15, 0.2) is 0 Å². The SMILES string of the molecule is C/C=C/C=N/NC(=O)c1ccccc1OC. The zero-order valence-electron chi connectivity index (χ0n) is 9.31. The van der Waals surface area contributed by atoms with Crippen LogP contribution >= 0.6 is 0 Å². The molecule has 0 aliphatic carbocycles. The molecule has 0 aromatic heterocycles. The number of para-hydroxylation sites is 1. The zero-order valence-corrected chi connectivity index (χ0v) is 9.31. The summed E-state index contributed by atoms with van der Waals surface area (Å²) in [7, 11) is 1.52. The first-order chi connectivity index (χ1) is 7.79. The molecule has 0 spiro atoms. The fraction of sp³-hybridized carbons (Fsp3) is 0.167. The van der Waals surface area contributed by atoms with Crippen LogP contribution in [0.25, 0.3) is 0 Å². The number of nitrogens with zero attached hydrogens (tertiary/aromatic N) is 1. The van der Waals surface area contributed by atoms with Gasteiger partial charge >= 0.3 is 0 Å². The monoisotopic (exact) mass is 218 g/mol. The van der Waals surface area contributed by atoms with Crippen LogP contribution in [0.2, 0.25) is 0 Å². The van der Waals surface area contributed by atoms with E-state index in [0.29, 0.717) is 11.3 Å². The van der Waals surface area contributed by atoms with Gasteiger partial charge in [-0.2, -0.15) is 5.10 Å². The lowest BCUT2D eigenvalue weighted by Gasteiger charge is -2.05. The third-order valence-corrected chi connectivity index (χ3v) is 1.87. The van der Waals surface area contributed by atoms with Crippen molar-refractivity contribution in [2.75, 3.05) is 7.11 Å². The number of hydrogen-bond donors (Lipinski definition) is 1. The van der Waals surface area contributed by atoms with Crippen LogP contribution in [0.15, 0.2) is 41.5 Å². The molecule has 0 bridgehead atoms. The van der Waals surface area contributed by atoms with Crippen LogP contribution in [0.4, 0.5) is 0 Å². The van der Waals surface area contributed by atoms with Gasteiger partial charge in [0.05, 0.1) is 12.7 Å².